The molecular weight excluding hydrogens is 370 g/mol. The summed E-state index contributed by atoms with van der Waals surface area (Å²) in [4.78, 5) is 22.7. The topological polar surface area (TPSA) is 110 Å². The molecule has 0 aromatic heterocycles. The summed E-state index contributed by atoms with van der Waals surface area (Å²) in [7, 11) is -3.72. The second kappa shape index (κ2) is 8.17. The van der Waals surface area contributed by atoms with Gasteiger partial charge in [0.05, 0.1) is 16.9 Å². The van der Waals surface area contributed by atoms with Crippen LogP contribution in [-0.4, -0.2) is 32.0 Å². The molecule has 0 unspecified atom stereocenters. The molecule has 144 valence electrons. The number of rotatable bonds is 7. The SMILES string of the molecule is CC(C)c1ccccc1N(CC(=O)Nc1cccc([N+](=O)[O-])c1)S(C)(=O)=O. The Morgan fingerprint density at radius 1 is 1.19 bits per heavy atom. The maximum Gasteiger partial charge on any atom is 0.271 e. The smallest absolute Gasteiger partial charge is 0.271 e. The Labute approximate surface area is 158 Å². The molecule has 0 heterocycles. The number of hydrogen-bond donors (Lipinski definition) is 1. The van der Waals surface area contributed by atoms with Crippen molar-refractivity contribution in [2.75, 3.05) is 22.4 Å². The molecule has 0 saturated carbocycles. The molecule has 0 aliphatic heterocycles. The van der Waals surface area contributed by atoms with Gasteiger partial charge in [-0.25, -0.2) is 8.42 Å². The first kappa shape index (κ1) is 20.4. The molecule has 27 heavy (non-hydrogen) atoms. The van der Waals surface area contributed by atoms with Crippen LogP contribution in [0.2, 0.25) is 0 Å². The molecule has 0 fully saturated rings. The van der Waals surface area contributed by atoms with E-state index in [0.717, 1.165) is 16.1 Å². The van der Waals surface area contributed by atoms with E-state index in [-0.39, 0.29) is 17.3 Å². The van der Waals surface area contributed by atoms with Crippen LogP contribution in [0.3, 0.4) is 0 Å². The number of benzene rings is 2. The Kier molecular flexibility index (Phi) is 6.17. The van der Waals surface area contributed by atoms with Crippen molar-refractivity contribution >= 4 is 33.0 Å². The largest absolute Gasteiger partial charge is 0.324 e. The zero-order chi connectivity index (χ0) is 20.2. The van der Waals surface area contributed by atoms with Crippen LogP contribution in [0.5, 0.6) is 0 Å². The summed E-state index contributed by atoms with van der Waals surface area (Å²) in [6.45, 7) is 3.43. The highest BCUT2D eigenvalue weighted by Gasteiger charge is 2.24. The maximum atomic E-state index is 12.4. The van der Waals surface area contributed by atoms with Crippen molar-refractivity contribution in [3.8, 4) is 0 Å². The molecule has 2 rings (SSSR count). The van der Waals surface area contributed by atoms with Gasteiger partial charge in [-0.1, -0.05) is 38.1 Å². The Morgan fingerprint density at radius 2 is 1.85 bits per heavy atom. The fraction of sp³-hybridized carbons (Fsp3) is 0.278. The van der Waals surface area contributed by atoms with Crippen LogP contribution in [-0.2, 0) is 14.8 Å². The summed E-state index contributed by atoms with van der Waals surface area (Å²) in [5.41, 5.74) is 1.29. The molecule has 2 aromatic carbocycles. The monoisotopic (exact) mass is 391 g/mol. The predicted octanol–water partition coefficient (Wildman–Crippen LogP) is 3.12. The van der Waals surface area contributed by atoms with Gasteiger partial charge in [0.1, 0.15) is 6.54 Å². The van der Waals surface area contributed by atoms with E-state index in [1.165, 1.54) is 24.3 Å². The number of para-hydroxylation sites is 1. The van der Waals surface area contributed by atoms with Crippen LogP contribution in [0, 0.1) is 10.1 Å². The summed E-state index contributed by atoms with van der Waals surface area (Å²) < 4.78 is 25.6. The third-order valence-electron chi connectivity index (χ3n) is 3.86. The molecule has 0 saturated heterocycles. The van der Waals surface area contributed by atoms with Gasteiger partial charge in [0.2, 0.25) is 15.9 Å². The number of anilines is 2. The minimum absolute atomic E-state index is 0.0604. The summed E-state index contributed by atoms with van der Waals surface area (Å²) in [5, 5.41) is 13.3. The first-order valence-electron chi connectivity index (χ1n) is 8.20. The van der Waals surface area contributed by atoms with E-state index in [1.807, 2.05) is 26.0 Å². The second-order valence-corrected chi connectivity index (χ2v) is 8.25. The first-order chi connectivity index (χ1) is 12.6. The number of nitrogens with zero attached hydrogens (tertiary/aromatic N) is 2. The fourth-order valence-electron chi connectivity index (χ4n) is 2.61. The van der Waals surface area contributed by atoms with Crippen molar-refractivity contribution in [1.29, 1.82) is 0 Å². The number of amides is 1. The van der Waals surface area contributed by atoms with Crippen LogP contribution in [0.15, 0.2) is 48.5 Å². The zero-order valence-corrected chi connectivity index (χ0v) is 16.1. The highest BCUT2D eigenvalue weighted by Crippen LogP contribution is 2.29. The lowest BCUT2D eigenvalue weighted by molar-refractivity contribution is -0.384. The minimum atomic E-state index is -3.72. The molecule has 0 spiro atoms. The third kappa shape index (κ3) is 5.27. The highest BCUT2D eigenvalue weighted by atomic mass is 32.2. The summed E-state index contributed by atoms with van der Waals surface area (Å²) >= 11 is 0. The number of carbonyl (C=O) groups is 1. The normalized spacial score (nSPS) is 11.3. The Morgan fingerprint density at radius 3 is 2.44 bits per heavy atom. The van der Waals surface area contributed by atoms with Crippen LogP contribution in [0.4, 0.5) is 17.1 Å². The number of nitrogens with one attached hydrogen (secondary N) is 1. The number of hydrogen-bond acceptors (Lipinski definition) is 5. The van der Waals surface area contributed by atoms with Crippen LogP contribution < -0.4 is 9.62 Å². The van der Waals surface area contributed by atoms with Crippen LogP contribution >= 0.6 is 0 Å². The molecule has 0 radical (unpaired) electrons. The van der Waals surface area contributed by atoms with E-state index in [4.69, 9.17) is 0 Å². The number of sulfonamides is 1. The lowest BCUT2D eigenvalue weighted by Gasteiger charge is -2.25. The predicted molar refractivity (Wildman–Crippen MR) is 104 cm³/mol. The van der Waals surface area contributed by atoms with Gasteiger partial charge in [0, 0.05) is 17.8 Å². The van der Waals surface area contributed by atoms with Gasteiger partial charge in [0.15, 0.2) is 0 Å². The van der Waals surface area contributed by atoms with Gasteiger partial charge >= 0.3 is 0 Å². The molecule has 0 atom stereocenters. The van der Waals surface area contributed by atoms with Crippen molar-refractivity contribution in [3.05, 3.63) is 64.2 Å². The van der Waals surface area contributed by atoms with Gasteiger partial charge in [-0.05, 0) is 23.6 Å². The highest BCUT2D eigenvalue weighted by molar-refractivity contribution is 7.92. The molecule has 8 nitrogen and oxygen atoms in total. The Hall–Kier alpha value is -2.94. The van der Waals surface area contributed by atoms with Crippen LogP contribution in [0.25, 0.3) is 0 Å². The third-order valence-corrected chi connectivity index (χ3v) is 4.98. The quantitative estimate of drug-likeness (QED) is 0.576. The molecule has 0 bridgehead atoms. The van der Waals surface area contributed by atoms with Crippen molar-refractivity contribution in [1.82, 2.24) is 0 Å². The number of non-ortho nitro benzene ring substituents is 1. The Bertz CT molecular complexity index is 957. The van der Waals surface area contributed by atoms with E-state index < -0.39 is 27.4 Å². The average Bonchev–Trinajstić information content (AvgIpc) is 2.59. The summed E-state index contributed by atoms with van der Waals surface area (Å²) in [5.74, 6) is -0.537. The van der Waals surface area contributed by atoms with Gasteiger partial charge in [-0.2, -0.15) is 0 Å². The van der Waals surface area contributed by atoms with Gasteiger partial charge < -0.3 is 5.32 Å². The number of carbonyl (C=O) groups excluding carboxylic acids is 1. The second-order valence-electron chi connectivity index (χ2n) is 6.34. The molecule has 2 aromatic rings. The lowest BCUT2D eigenvalue weighted by Crippen LogP contribution is -2.38. The van der Waals surface area contributed by atoms with E-state index in [0.29, 0.717) is 5.69 Å². The zero-order valence-electron chi connectivity index (χ0n) is 15.2. The van der Waals surface area contributed by atoms with E-state index in [2.05, 4.69) is 5.32 Å². The van der Waals surface area contributed by atoms with E-state index in [9.17, 15) is 23.3 Å². The van der Waals surface area contributed by atoms with Crippen LogP contribution in [0.1, 0.15) is 25.3 Å². The lowest BCUT2D eigenvalue weighted by atomic mass is 10.0. The molecular formula is C18H21N3O5S. The fourth-order valence-corrected chi connectivity index (χ4v) is 3.49. The van der Waals surface area contributed by atoms with E-state index in [1.54, 1.807) is 12.1 Å². The molecule has 9 heteroatoms. The number of nitro benzene ring substituents is 1. The molecule has 0 aliphatic carbocycles. The molecule has 1 amide bonds. The standard InChI is InChI=1S/C18H21N3O5S/c1-13(2)16-9-4-5-10-17(16)20(27(3,25)26)12-18(22)19-14-7-6-8-15(11-14)21(23)24/h4-11,13H,12H2,1-3H3,(H,19,22). The van der Waals surface area contributed by atoms with Gasteiger partial charge in [-0.15, -0.1) is 0 Å². The van der Waals surface area contributed by atoms with Crippen molar-refractivity contribution < 1.29 is 18.1 Å². The van der Waals surface area contributed by atoms with Crippen molar-refractivity contribution in [2.24, 2.45) is 0 Å². The van der Waals surface area contributed by atoms with Gasteiger partial charge in [-0.3, -0.25) is 19.2 Å². The summed E-state index contributed by atoms with van der Waals surface area (Å²) in [6.07, 6.45) is 1.03. The average molecular weight is 391 g/mol. The van der Waals surface area contributed by atoms with Crippen molar-refractivity contribution in [2.45, 2.75) is 19.8 Å². The molecule has 1 N–H and O–H groups in total. The summed E-state index contributed by atoms with van der Waals surface area (Å²) in [6, 6.07) is 12.4. The van der Waals surface area contributed by atoms with Crippen molar-refractivity contribution in [3.63, 3.8) is 0 Å². The van der Waals surface area contributed by atoms with E-state index >= 15 is 0 Å². The van der Waals surface area contributed by atoms with Gasteiger partial charge in [0.25, 0.3) is 5.69 Å². The molecule has 0 aliphatic rings. The number of nitro groups is 1. The maximum absolute atomic E-state index is 12.4. The Balaban J connectivity index is 2.29. The minimum Gasteiger partial charge on any atom is -0.324 e. The first-order valence-corrected chi connectivity index (χ1v) is 10.1.